The van der Waals surface area contributed by atoms with Crippen LogP contribution in [0.1, 0.15) is 32.2 Å². The first-order valence-electron chi connectivity index (χ1n) is 12.3. The smallest absolute Gasteiger partial charge is 0.320 e. The first kappa shape index (κ1) is 25.9. The third kappa shape index (κ3) is 5.82. The lowest BCUT2D eigenvalue weighted by atomic mass is 10.1. The number of aryl methyl sites for hydroxylation is 2. The van der Waals surface area contributed by atoms with Gasteiger partial charge >= 0.3 is 6.03 Å². The van der Waals surface area contributed by atoms with Crippen LogP contribution in [0.3, 0.4) is 0 Å². The van der Waals surface area contributed by atoms with Gasteiger partial charge in [0.25, 0.3) is 0 Å². The summed E-state index contributed by atoms with van der Waals surface area (Å²) < 4.78 is 11.4. The first-order valence-corrected chi connectivity index (χ1v) is 13.1. The summed E-state index contributed by atoms with van der Waals surface area (Å²) in [6, 6.07) is 5.37. The second kappa shape index (κ2) is 11.7. The van der Waals surface area contributed by atoms with Gasteiger partial charge in [0.05, 0.1) is 54.0 Å². The number of aromatic nitrogens is 2. The predicted octanol–water partition coefficient (Wildman–Crippen LogP) is 4.53. The molecule has 190 valence electrons. The Morgan fingerprint density at radius 1 is 1.09 bits per heavy atom. The molecule has 2 aromatic rings. The van der Waals surface area contributed by atoms with Gasteiger partial charge in [0, 0.05) is 36.8 Å². The number of halogens is 2. The molecule has 10 heteroatoms. The fourth-order valence-corrected chi connectivity index (χ4v) is 5.09. The number of amides is 2. The van der Waals surface area contributed by atoms with Crippen molar-refractivity contribution < 1.29 is 14.3 Å². The summed E-state index contributed by atoms with van der Waals surface area (Å²) in [5.41, 5.74) is 3.28. The number of carbonyl (C=O) groups is 1. The minimum Gasteiger partial charge on any atom is -0.378 e. The number of rotatable bonds is 7. The number of carbonyl (C=O) groups excluding carboxylic acids is 1. The number of hydrogen-bond donors (Lipinski definition) is 1. The Bertz CT molecular complexity index is 1050. The summed E-state index contributed by atoms with van der Waals surface area (Å²) in [5, 5.41) is 4.70. The molecule has 0 bridgehead atoms. The van der Waals surface area contributed by atoms with Gasteiger partial charge in [-0.2, -0.15) is 0 Å². The van der Waals surface area contributed by atoms with Crippen molar-refractivity contribution in [3.63, 3.8) is 0 Å². The fourth-order valence-electron chi connectivity index (χ4n) is 4.59. The number of anilines is 1. The summed E-state index contributed by atoms with van der Waals surface area (Å²) in [6.07, 6.45) is 1.26. The summed E-state index contributed by atoms with van der Waals surface area (Å²) in [6.45, 7) is 10.1. The summed E-state index contributed by atoms with van der Waals surface area (Å²) >= 11 is 12.6. The van der Waals surface area contributed by atoms with Gasteiger partial charge in [-0.3, -0.25) is 0 Å². The van der Waals surface area contributed by atoms with Crippen molar-refractivity contribution in [2.24, 2.45) is 0 Å². The van der Waals surface area contributed by atoms with E-state index in [9.17, 15) is 4.79 Å². The Kier molecular flexibility index (Phi) is 8.70. The molecule has 2 fully saturated rings. The van der Waals surface area contributed by atoms with E-state index in [-0.39, 0.29) is 18.2 Å². The highest BCUT2D eigenvalue weighted by molar-refractivity contribution is 6.36. The van der Waals surface area contributed by atoms with Crippen LogP contribution in [0.25, 0.3) is 11.3 Å². The van der Waals surface area contributed by atoms with Gasteiger partial charge in [-0.05, 0) is 38.0 Å². The van der Waals surface area contributed by atoms with Crippen molar-refractivity contribution in [1.82, 2.24) is 19.8 Å². The molecule has 2 saturated heterocycles. The van der Waals surface area contributed by atoms with Crippen molar-refractivity contribution >= 4 is 35.1 Å². The summed E-state index contributed by atoms with van der Waals surface area (Å²) in [5.74, 6) is 0.730. The highest BCUT2D eigenvalue weighted by Crippen LogP contribution is 2.33. The average Bonchev–Trinajstić information content (AvgIpc) is 3.26. The molecular formula is C25H33Cl2N5O3. The van der Waals surface area contributed by atoms with Crippen LogP contribution in [0.4, 0.5) is 10.6 Å². The van der Waals surface area contributed by atoms with E-state index in [0.717, 1.165) is 28.5 Å². The molecule has 8 nitrogen and oxygen atoms in total. The molecule has 0 aliphatic carbocycles. The largest absolute Gasteiger partial charge is 0.378 e. The maximum absolute atomic E-state index is 13.1. The monoisotopic (exact) mass is 521 g/mol. The average molecular weight is 522 g/mol. The predicted molar refractivity (Wildman–Crippen MR) is 138 cm³/mol. The Labute approximate surface area is 216 Å². The van der Waals surface area contributed by atoms with Crippen molar-refractivity contribution in [2.45, 2.75) is 45.8 Å². The summed E-state index contributed by atoms with van der Waals surface area (Å²) in [7, 11) is 0. The molecule has 1 aromatic heterocycles. The number of ether oxygens (including phenoxy) is 2. The van der Waals surface area contributed by atoms with Gasteiger partial charge in [-0.1, -0.05) is 37.0 Å². The molecular weight excluding hydrogens is 489 g/mol. The number of hydrogen-bond acceptors (Lipinski definition) is 6. The van der Waals surface area contributed by atoms with Crippen molar-refractivity contribution in [3.8, 4) is 11.3 Å². The van der Waals surface area contributed by atoms with Crippen molar-refractivity contribution in [3.05, 3.63) is 39.6 Å². The van der Waals surface area contributed by atoms with Gasteiger partial charge in [-0.25, -0.2) is 14.8 Å². The van der Waals surface area contributed by atoms with Crippen LogP contribution < -0.4 is 5.32 Å². The zero-order valence-corrected chi connectivity index (χ0v) is 22.0. The number of nitrogens with one attached hydrogen (secondary N) is 1. The van der Waals surface area contributed by atoms with Crippen LogP contribution >= 0.6 is 23.2 Å². The number of likely N-dealkylation sites (tertiary alicyclic amines) is 1. The van der Waals surface area contributed by atoms with Gasteiger partial charge < -0.3 is 24.6 Å². The van der Waals surface area contributed by atoms with Gasteiger partial charge in [-0.15, -0.1) is 0 Å². The topological polar surface area (TPSA) is 79.8 Å². The molecule has 0 spiro atoms. The van der Waals surface area contributed by atoms with E-state index >= 15 is 0 Å². The SMILES string of the molecule is CCO[C@@H]1CN(C(=O)N2CCOCC2)C[C@@H]1Nc1nc(CC)c(-c2ccc(Cl)cc2Cl)nc1CC. The molecule has 0 saturated carbocycles. The lowest BCUT2D eigenvalue weighted by Crippen LogP contribution is -2.48. The Morgan fingerprint density at radius 3 is 2.49 bits per heavy atom. The molecule has 2 aliphatic rings. The minimum absolute atomic E-state index is 0.0334. The minimum atomic E-state index is -0.132. The highest BCUT2D eigenvalue weighted by Gasteiger charge is 2.38. The molecule has 2 aliphatic heterocycles. The third-order valence-electron chi connectivity index (χ3n) is 6.42. The van der Waals surface area contributed by atoms with E-state index in [1.54, 1.807) is 6.07 Å². The van der Waals surface area contributed by atoms with Crippen LogP contribution in [0, 0.1) is 0 Å². The number of urea groups is 1. The van der Waals surface area contributed by atoms with Crippen LogP contribution in [0.2, 0.25) is 10.0 Å². The Morgan fingerprint density at radius 2 is 1.83 bits per heavy atom. The Balaban J connectivity index is 1.59. The number of nitrogens with zero attached hydrogens (tertiary/aromatic N) is 4. The molecule has 1 aromatic carbocycles. The quantitative estimate of drug-likeness (QED) is 0.576. The van der Waals surface area contributed by atoms with Crippen LogP contribution in [0.15, 0.2) is 18.2 Å². The maximum Gasteiger partial charge on any atom is 0.320 e. The van der Waals surface area contributed by atoms with E-state index in [2.05, 4.69) is 12.2 Å². The fraction of sp³-hybridized carbons (Fsp3) is 0.560. The second-order valence-corrected chi connectivity index (χ2v) is 9.52. The Hall–Kier alpha value is -2.13. The van der Waals surface area contributed by atoms with Gasteiger partial charge in [0.15, 0.2) is 0 Å². The van der Waals surface area contributed by atoms with E-state index in [4.69, 9.17) is 42.6 Å². The summed E-state index contributed by atoms with van der Waals surface area (Å²) in [4.78, 5) is 26.7. The standard InChI is InChI=1S/C25H33Cl2N5O3/c1-4-19-23(17-8-7-16(26)13-18(17)27)28-20(5-2)24(29-19)30-21-14-32(15-22(21)35-6-3)25(33)31-9-11-34-12-10-31/h7-8,13,21-22H,4-6,9-12,14-15H2,1-3H3,(H,29,30)/t21-,22+/m0/s1. The third-order valence-corrected chi connectivity index (χ3v) is 6.97. The number of benzene rings is 1. The molecule has 1 N–H and O–H groups in total. The first-order chi connectivity index (χ1) is 16.9. The molecule has 4 rings (SSSR count). The van der Waals surface area contributed by atoms with E-state index in [0.29, 0.717) is 68.9 Å². The molecule has 2 amide bonds. The second-order valence-electron chi connectivity index (χ2n) is 8.68. The van der Waals surface area contributed by atoms with E-state index in [1.807, 2.05) is 35.8 Å². The molecule has 2 atom stereocenters. The molecule has 35 heavy (non-hydrogen) atoms. The van der Waals surface area contributed by atoms with Crippen LogP contribution in [-0.4, -0.2) is 83.9 Å². The zero-order chi connectivity index (χ0) is 24.9. The van der Waals surface area contributed by atoms with Crippen molar-refractivity contribution in [1.29, 1.82) is 0 Å². The lowest BCUT2D eigenvalue weighted by Gasteiger charge is -2.30. The molecule has 0 unspecified atom stereocenters. The zero-order valence-electron chi connectivity index (χ0n) is 20.5. The van der Waals surface area contributed by atoms with Crippen LogP contribution in [0.5, 0.6) is 0 Å². The van der Waals surface area contributed by atoms with Crippen LogP contribution in [-0.2, 0) is 22.3 Å². The number of morpholine rings is 1. The van der Waals surface area contributed by atoms with Gasteiger partial charge in [0.1, 0.15) is 5.82 Å². The normalized spacial score (nSPS) is 20.4. The van der Waals surface area contributed by atoms with E-state index in [1.165, 1.54) is 0 Å². The highest BCUT2D eigenvalue weighted by atomic mass is 35.5. The van der Waals surface area contributed by atoms with Crippen molar-refractivity contribution in [2.75, 3.05) is 51.3 Å². The molecule has 3 heterocycles. The van der Waals surface area contributed by atoms with E-state index < -0.39 is 0 Å². The lowest BCUT2D eigenvalue weighted by molar-refractivity contribution is 0.0402. The maximum atomic E-state index is 13.1. The van der Waals surface area contributed by atoms with Gasteiger partial charge in [0.2, 0.25) is 0 Å². The molecule has 0 radical (unpaired) electrons.